The smallest absolute Gasteiger partial charge is 0.146 e. The van der Waals surface area contributed by atoms with E-state index in [2.05, 4.69) is 54.4 Å². The molecule has 0 aliphatic rings. The summed E-state index contributed by atoms with van der Waals surface area (Å²) in [5.74, 6) is 1.000. The van der Waals surface area contributed by atoms with E-state index in [1.165, 1.54) is 16.8 Å². The summed E-state index contributed by atoms with van der Waals surface area (Å²) in [6.07, 6.45) is 4.79. The Bertz CT molecular complexity index is 523. The van der Waals surface area contributed by atoms with Gasteiger partial charge in [0, 0.05) is 12.2 Å². The van der Waals surface area contributed by atoms with Gasteiger partial charge in [-0.25, -0.2) is 9.67 Å². The first kappa shape index (κ1) is 14.6. The average Bonchev–Trinajstić information content (AvgIpc) is 2.92. The highest BCUT2D eigenvalue weighted by molar-refractivity contribution is 5.57. The third kappa shape index (κ3) is 3.18. The molecule has 2 aromatic rings. The number of aromatic nitrogens is 3. The fraction of sp³-hybridized carbons (Fsp3) is 0.500. The molecule has 0 unspecified atom stereocenters. The molecular formula is C16H24N4. The zero-order chi connectivity index (χ0) is 14.4. The van der Waals surface area contributed by atoms with Gasteiger partial charge in [-0.3, -0.25) is 0 Å². The summed E-state index contributed by atoms with van der Waals surface area (Å²) in [5.41, 5.74) is 4.00. The lowest BCUT2D eigenvalue weighted by molar-refractivity contribution is 0.574. The van der Waals surface area contributed by atoms with Gasteiger partial charge in [0.1, 0.15) is 12.2 Å². The summed E-state index contributed by atoms with van der Waals surface area (Å²) in [7, 11) is 0. The van der Waals surface area contributed by atoms with Crippen LogP contribution in [-0.4, -0.2) is 14.8 Å². The minimum atomic E-state index is 0.726. The van der Waals surface area contributed by atoms with Crippen molar-refractivity contribution < 1.29 is 0 Å². The maximum Gasteiger partial charge on any atom is 0.146 e. The molecule has 108 valence electrons. The summed E-state index contributed by atoms with van der Waals surface area (Å²) in [6.45, 7) is 8.19. The summed E-state index contributed by atoms with van der Waals surface area (Å²) in [5, 5.41) is 7.83. The Balaban J connectivity index is 2.16. The molecular weight excluding hydrogens is 248 g/mol. The van der Waals surface area contributed by atoms with E-state index in [9.17, 15) is 0 Å². The van der Waals surface area contributed by atoms with Crippen LogP contribution in [0.1, 0.15) is 44.1 Å². The highest BCUT2D eigenvalue weighted by Crippen LogP contribution is 2.23. The molecule has 0 saturated heterocycles. The van der Waals surface area contributed by atoms with Crippen molar-refractivity contribution in [3.8, 4) is 0 Å². The number of benzene rings is 1. The Kier molecular flexibility index (Phi) is 5.16. The predicted octanol–water partition coefficient (Wildman–Crippen LogP) is 3.43. The molecule has 1 N–H and O–H groups in total. The zero-order valence-electron chi connectivity index (χ0n) is 12.7. The van der Waals surface area contributed by atoms with Crippen LogP contribution in [0.25, 0.3) is 0 Å². The zero-order valence-corrected chi connectivity index (χ0v) is 12.7. The number of hydrogen-bond donors (Lipinski definition) is 1. The molecule has 0 spiro atoms. The number of hydrogen-bond acceptors (Lipinski definition) is 3. The van der Waals surface area contributed by atoms with E-state index in [1.807, 2.05) is 4.68 Å². The minimum absolute atomic E-state index is 0.726. The van der Waals surface area contributed by atoms with Crippen molar-refractivity contribution >= 4 is 5.69 Å². The van der Waals surface area contributed by atoms with E-state index in [-0.39, 0.29) is 0 Å². The molecule has 0 radical (unpaired) electrons. The number of aryl methyl sites for hydroxylation is 3. The molecule has 1 aromatic carbocycles. The number of rotatable bonds is 7. The van der Waals surface area contributed by atoms with Gasteiger partial charge in [-0.15, -0.1) is 0 Å². The second-order valence-electron chi connectivity index (χ2n) is 4.91. The molecule has 0 fully saturated rings. The Morgan fingerprint density at radius 2 is 1.80 bits per heavy atom. The Hall–Kier alpha value is -1.84. The summed E-state index contributed by atoms with van der Waals surface area (Å²) < 4.78 is 1.98. The highest BCUT2D eigenvalue weighted by atomic mass is 15.3. The third-order valence-corrected chi connectivity index (χ3v) is 3.55. The molecule has 1 aromatic heterocycles. The van der Waals surface area contributed by atoms with Crippen molar-refractivity contribution in [1.82, 2.24) is 14.8 Å². The molecule has 20 heavy (non-hydrogen) atoms. The topological polar surface area (TPSA) is 42.7 Å². The van der Waals surface area contributed by atoms with Gasteiger partial charge >= 0.3 is 0 Å². The van der Waals surface area contributed by atoms with Crippen LogP contribution in [0, 0.1) is 0 Å². The fourth-order valence-corrected chi connectivity index (χ4v) is 2.46. The van der Waals surface area contributed by atoms with E-state index in [4.69, 9.17) is 0 Å². The van der Waals surface area contributed by atoms with Gasteiger partial charge in [-0.2, -0.15) is 5.10 Å². The lowest BCUT2D eigenvalue weighted by Gasteiger charge is -2.15. The molecule has 0 aliphatic carbocycles. The fourth-order valence-electron chi connectivity index (χ4n) is 2.46. The molecule has 4 nitrogen and oxygen atoms in total. The molecule has 4 heteroatoms. The van der Waals surface area contributed by atoms with E-state index >= 15 is 0 Å². The van der Waals surface area contributed by atoms with Gasteiger partial charge in [0.05, 0.1) is 6.54 Å². The van der Waals surface area contributed by atoms with Crippen LogP contribution in [0.3, 0.4) is 0 Å². The van der Waals surface area contributed by atoms with Crippen molar-refractivity contribution in [2.75, 3.05) is 5.32 Å². The van der Waals surface area contributed by atoms with Gasteiger partial charge in [0.25, 0.3) is 0 Å². The van der Waals surface area contributed by atoms with Crippen LogP contribution in [-0.2, 0) is 25.9 Å². The Morgan fingerprint density at radius 3 is 2.40 bits per heavy atom. The lowest BCUT2D eigenvalue weighted by atomic mass is 10.0. The van der Waals surface area contributed by atoms with E-state index in [1.54, 1.807) is 6.33 Å². The number of anilines is 1. The maximum absolute atomic E-state index is 4.35. The monoisotopic (exact) mass is 272 g/mol. The van der Waals surface area contributed by atoms with Crippen LogP contribution in [0.5, 0.6) is 0 Å². The van der Waals surface area contributed by atoms with Crippen molar-refractivity contribution in [2.45, 2.75) is 53.1 Å². The Labute approximate surface area is 121 Å². The van der Waals surface area contributed by atoms with Crippen molar-refractivity contribution in [2.24, 2.45) is 0 Å². The maximum atomic E-state index is 4.35. The molecule has 1 heterocycles. The number of nitrogens with one attached hydrogen (secondary N) is 1. The Morgan fingerprint density at radius 1 is 1.10 bits per heavy atom. The minimum Gasteiger partial charge on any atom is -0.377 e. The summed E-state index contributed by atoms with van der Waals surface area (Å²) in [6, 6.07) is 6.53. The second-order valence-corrected chi connectivity index (χ2v) is 4.91. The van der Waals surface area contributed by atoms with Crippen LogP contribution >= 0.6 is 0 Å². The molecule has 0 amide bonds. The number of para-hydroxylation sites is 1. The SMILES string of the molecule is CCCn1ncnc1CNc1c(CC)cccc1CC. The van der Waals surface area contributed by atoms with Gasteiger partial charge < -0.3 is 5.32 Å². The molecule has 0 aliphatic heterocycles. The second kappa shape index (κ2) is 7.08. The molecule has 0 atom stereocenters. The van der Waals surface area contributed by atoms with E-state index < -0.39 is 0 Å². The average molecular weight is 272 g/mol. The van der Waals surface area contributed by atoms with Crippen LogP contribution in [0.2, 0.25) is 0 Å². The predicted molar refractivity (Wildman–Crippen MR) is 82.8 cm³/mol. The normalized spacial score (nSPS) is 10.8. The van der Waals surface area contributed by atoms with Gasteiger partial charge in [-0.1, -0.05) is 39.0 Å². The van der Waals surface area contributed by atoms with Crippen molar-refractivity contribution in [3.63, 3.8) is 0 Å². The van der Waals surface area contributed by atoms with E-state index in [0.717, 1.165) is 38.2 Å². The third-order valence-electron chi connectivity index (χ3n) is 3.55. The van der Waals surface area contributed by atoms with E-state index in [0.29, 0.717) is 0 Å². The highest BCUT2D eigenvalue weighted by Gasteiger charge is 2.08. The quantitative estimate of drug-likeness (QED) is 0.839. The van der Waals surface area contributed by atoms with Crippen molar-refractivity contribution in [3.05, 3.63) is 41.5 Å². The molecule has 2 rings (SSSR count). The summed E-state index contributed by atoms with van der Waals surface area (Å²) in [4.78, 5) is 4.35. The number of nitrogens with zero attached hydrogens (tertiary/aromatic N) is 3. The van der Waals surface area contributed by atoms with Crippen molar-refractivity contribution in [1.29, 1.82) is 0 Å². The largest absolute Gasteiger partial charge is 0.377 e. The lowest BCUT2D eigenvalue weighted by Crippen LogP contribution is -2.12. The molecule has 0 bridgehead atoms. The first-order chi connectivity index (χ1) is 9.80. The van der Waals surface area contributed by atoms with Crippen LogP contribution in [0.15, 0.2) is 24.5 Å². The van der Waals surface area contributed by atoms with Gasteiger partial charge in [0.2, 0.25) is 0 Å². The van der Waals surface area contributed by atoms with Gasteiger partial charge in [-0.05, 0) is 30.4 Å². The van der Waals surface area contributed by atoms with Crippen LogP contribution < -0.4 is 5.32 Å². The van der Waals surface area contributed by atoms with Gasteiger partial charge in [0.15, 0.2) is 0 Å². The van der Waals surface area contributed by atoms with Crippen LogP contribution in [0.4, 0.5) is 5.69 Å². The summed E-state index contributed by atoms with van der Waals surface area (Å²) >= 11 is 0. The first-order valence-corrected chi connectivity index (χ1v) is 7.51. The molecule has 0 saturated carbocycles. The standard InChI is InChI=1S/C16H24N4/c1-4-10-20-15(18-12-19-20)11-17-16-13(5-2)8-7-9-14(16)6-3/h7-9,12,17H,4-6,10-11H2,1-3H3. The first-order valence-electron chi connectivity index (χ1n) is 7.51.